The molecule has 0 spiro atoms. The van der Waals surface area contributed by atoms with Crippen molar-refractivity contribution in [3.63, 3.8) is 0 Å². The Morgan fingerprint density at radius 3 is 2.67 bits per heavy atom. The van der Waals surface area contributed by atoms with E-state index < -0.39 is 28.8 Å². The van der Waals surface area contributed by atoms with Gasteiger partial charge in [-0.1, -0.05) is 18.2 Å². The number of H-pyrrole nitrogens is 1. The third-order valence-electron chi connectivity index (χ3n) is 4.47. The number of amides is 1. The number of hydrogen-bond donors (Lipinski definition) is 2. The molecule has 4 aromatic rings. The van der Waals surface area contributed by atoms with Gasteiger partial charge in [-0.3, -0.25) is 14.7 Å². The van der Waals surface area contributed by atoms with Gasteiger partial charge in [0.25, 0.3) is 5.91 Å². The minimum atomic E-state index is -4.54. The standard InChI is InChI=1S/C20H14F3N5O2/c1-11-8-16(29)18(19(30)25-15-7-2-4-12-10-24-26-17(12)15)27-28(11)14-6-3-5-13(9-14)20(21,22)23/h2-10H,1H3,(H,24,26)(H,25,30). The number of carbonyl (C=O) groups is 1. The molecule has 2 aromatic carbocycles. The molecule has 0 fully saturated rings. The zero-order chi connectivity index (χ0) is 21.5. The summed E-state index contributed by atoms with van der Waals surface area (Å²) in [5, 5.41) is 14.0. The Kier molecular flexibility index (Phi) is 4.61. The molecule has 0 atom stereocenters. The van der Waals surface area contributed by atoms with Crippen LogP contribution in [0.2, 0.25) is 0 Å². The molecule has 2 aromatic heterocycles. The first kappa shape index (κ1) is 19.4. The molecule has 2 heterocycles. The number of benzene rings is 2. The predicted molar refractivity (Wildman–Crippen MR) is 104 cm³/mol. The molecule has 0 bridgehead atoms. The van der Waals surface area contributed by atoms with Crippen LogP contribution in [0, 0.1) is 6.92 Å². The van der Waals surface area contributed by atoms with Crippen molar-refractivity contribution in [1.29, 1.82) is 0 Å². The van der Waals surface area contributed by atoms with Crippen LogP contribution in [0.3, 0.4) is 0 Å². The molecule has 0 aliphatic carbocycles. The highest BCUT2D eigenvalue weighted by Gasteiger charge is 2.30. The van der Waals surface area contributed by atoms with Gasteiger partial charge in [0.05, 0.1) is 28.7 Å². The maximum absolute atomic E-state index is 13.0. The van der Waals surface area contributed by atoms with Crippen LogP contribution >= 0.6 is 0 Å². The van der Waals surface area contributed by atoms with Crippen molar-refractivity contribution in [2.45, 2.75) is 13.1 Å². The lowest BCUT2D eigenvalue weighted by molar-refractivity contribution is -0.137. The summed E-state index contributed by atoms with van der Waals surface area (Å²) in [5.41, 5.74) is -0.645. The van der Waals surface area contributed by atoms with Crippen molar-refractivity contribution in [3.05, 3.63) is 81.9 Å². The van der Waals surface area contributed by atoms with Crippen LogP contribution in [-0.4, -0.2) is 25.9 Å². The smallest absolute Gasteiger partial charge is 0.319 e. The van der Waals surface area contributed by atoms with Gasteiger partial charge in [0.2, 0.25) is 5.43 Å². The van der Waals surface area contributed by atoms with Crippen molar-refractivity contribution < 1.29 is 18.0 Å². The fraction of sp³-hybridized carbons (Fsp3) is 0.100. The van der Waals surface area contributed by atoms with Gasteiger partial charge in [0.1, 0.15) is 0 Å². The first-order valence-electron chi connectivity index (χ1n) is 8.76. The summed E-state index contributed by atoms with van der Waals surface area (Å²) in [6.45, 7) is 1.52. The van der Waals surface area contributed by atoms with Gasteiger partial charge < -0.3 is 5.32 Å². The highest BCUT2D eigenvalue weighted by Crippen LogP contribution is 2.30. The third kappa shape index (κ3) is 3.54. The molecule has 10 heteroatoms. The number of para-hydroxylation sites is 1. The fourth-order valence-electron chi connectivity index (χ4n) is 3.03. The highest BCUT2D eigenvalue weighted by molar-refractivity contribution is 6.07. The molecule has 0 unspecified atom stereocenters. The monoisotopic (exact) mass is 413 g/mol. The van der Waals surface area contributed by atoms with E-state index in [2.05, 4.69) is 20.6 Å². The molecule has 0 aliphatic rings. The number of fused-ring (bicyclic) bond motifs is 1. The first-order chi connectivity index (χ1) is 14.2. The Morgan fingerprint density at radius 1 is 1.13 bits per heavy atom. The predicted octanol–water partition coefficient (Wildman–Crippen LogP) is 3.69. The van der Waals surface area contributed by atoms with Crippen LogP contribution in [0.15, 0.2) is 59.5 Å². The van der Waals surface area contributed by atoms with Crippen molar-refractivity contribution >= 4 is 22.5 Å². The first-order valence-corrected chi connectivity index (χ1v) is 8.76. The molecule has 7 nitrogen and oxygen atoms in total. The normalized spacial score (nSPS) is 11.6. The topological polar surface area (TPSA) is 92.7 Å². The van der Waals surface area contributed by atoms with Crippen LogP contribution in [0.4, 0.5) is 18.9 Å². The molecule has 30 heavy (non-hydrogen) atoms. The zero-order valence-corrected chi connectivity index (χ0v) is 15.5. The maximum atomic E-state index is 13.0. The van der Waals surface area contributed by atoms with Crippen LogP contribution in [0.25, 0.3) is 16.6 Å². The van der Waals surface area contributed by atoms with Gasteiger partial charge >= 0.3 is 6.18 Å². The molecule has 4 rings (SSSR count). The molecule has 2 N–H and O–H groups in total. The van der Waals surface area contributed by atoms with Gasteiger partial charge in [-0.05, 0) is 31.2 Å². The second-order valence-electron chi connectivity index (χ2n) is 6.55. The Labute approximate surface area is 167 Å². The molecule has 0 radical (unpaired) electrons. The summed E-state index contributed by atoms with van der Waals surface area (Å²) >= 11 is 0. The number of nitrogens with one attached hydrogen (secondary N) is 2. The van der Waals surface area contributed by atoms with E-state index in [-0.39, 0.29) is 11.4 Å². The summed E-state index contributed by atoms with van der Waals surface area (Å²) in [5.74, 6) is -0.789. The van der Waals surface area contributed by atoms with E-state index in [0.717, 1.165) is 28.3 Å². The zero-order valence-electron chi connectivity index (χ0n) is 15.5. The maximum Gasteiger partial charge on any atom is 0.416 e. The Bertz CT molecular complexity index is 1320. The Hall–Kier alpha value is -3.95. The largest absolute Gasteiger partial charge is 0.416 e. The highest BCUT2D eigenvalue weighted by atomic mass is 19.4. The number of rotatable bonds is 3. The summed E-state index contributed by atoms with van der Waals surface area (Å²) in [6.07, 6.45) is -2.96. The number of anilines is 1. The number of carbonyl (C=O) groups excluding carboxylic acids is 1. The van der Waals surface area contributed by atoms with Crippen molar-refractivity contribution in [2.24, 2.45) is 0 Å². The molecular weight excluding hydrogens is 399 g/mol. The summed E-state index contributed by atoms with van der Waals surface area (Å²) in [6, 6.07) is 10.7. The molecule has 0 saturated carbocycles. The van der Waals surface area contributed by atoms with E-state index in [9.17, 15) is 22.8 Å². The number of alkyl halides is 3. The van der Waals surface area contributed by atoms with Crippen molar-refractivity contribution in [3.8, 4) is 5.69 Å². The van der Waals surface area contributed by atoms with Gasteiger partial charge in [-0.25, -0.2) is 4.68 Å². The summed E-state index contributed by atoms with van der Waals surface area (Å²) in [4.78, 5) is 25.1. The van der Waals surface area contributed by atoms with Crippen LogP contribution in [0.5, 0.6) is 0 Å². The fourth-order valence-corrected chi connectivity index (χ4v) is 3.03. The van der Waals surface area contributed by atoms with E-state index in [0.29, 0.717) is 11.2 Å². The minimum absolute atomic E-state index is 0.0760. The molecule has 0 aliphatic heterocycles. The SMILES string of the molecule is Cc1cc(=O)c(C(=O)Nc2cccc3cn[nH]c23)nn1-c1cccc(C(F)(F)F)c1. The lowest BCUT2D eigenvalue weighted by atomic mass is 10.2. The molecule has 152 valence electrons. The van der Waals surface area contributed by atoms with E-state index >= 15 is 0 Å². The Morgan fingerprint density at radius 2 is 1.90 bits per heavy atom. The van der Waals surface area contributed by atoms with Crippen LogP contribution in [-0.2, 0) is 6.18 Å². The number of aromatic nitrogens is 4. The van der Waals surface area contributed by atoms with Crippen molar-refractivity contribution in [2.75, 3.05) is 5.32 Å². The third-order valence-corrected chi connectivity index (χ3v) is 4.47. The van der Waals surface area contributed by atoms with Crippen molar-refractivity contribution in [1.82, 2.24) is 20.0 Å². The number of nitrogens with zero attached hydrogens (tertiary/aromatic N) is 3. The van der Waals surface area contributed by atoms with Gasteiger partial charge in [-0.2, -0.15) is 23.4 Å². The van der Waals surface area contributed by atoms with Crippen LogP contribution < -0.4 is 10.7 Å². The lowest BCUT2D eigenvalue weighted by Gasteiger charge is -2.13. The lowest BCUT2D eigenvalue weighted by Crippen LogP contribution is -2.27. The molecule has 1 amide bonds. The summed E-state index contributed by atoms with van der Waals surface area (Å²) in [7, 11) is 0. The minimum Gasteiger partial charge on any atom is -0.319 e. The van der Waals surface area contributed by atoms with E-state index in [1.54, 1.807) is 24.4 Å². The number of halogens is 3. The number of hydrogen-bond acceptors (Lipinski definition) is 4. The molecule has 0 saturated heterocycles. The van der Waals surface area contributed by atoms with E-state index in [4.69, 9.17) is 0 Å². The molecular formula is C20H14F3N5O2. The van der Waals surface area contributed by atoms with Crippen LogP contribution in [0.1, 0.15) is 21.7 Å². The average Bonchev–Trinajstić information content (AvgIpc) is 3.17. The average molecular weight is 413 g/mol. The van der Waals surface area contributed by atoms with Gasteiger partial charge in [0.15, 0.2) is 5.69 Å². The number of aryl methyl sites for hydroxylation is 1. The van der Waals surface area contributed by atoms with Gasteiger partial charge in [0, 0.05) is 17.1 Å². The summed E-state index contributed by atoms with van der Waals surface area (Å²) < 4.78 is 40.3. The van der Waals surface area contributed by atoms with E-state index in [1.807, 2.05) is 0 Å². The number of aromatic amines is 1. The Balaban J connectivity index is 1.74. The van der Waals surface area contributed by atoms with Gasteiger partial charge in [-0.15, -0.1) is 0 Å². The quantitative estimate of drug-likeness (QED) is 0.536. The second kappa shape index (κ2) is 7.14. The second-order valence-corrected chi connectivity index (χ2v) is 6.55. The van der Waals surface area contributed by atoms with E-state index in [1.165, 1.54) is 19.1 Å².